The van der Waals surface area contributed by atoms with E-state index in [9.17, 15) is 19.4 Å². The quantitative estimate of drug-likeness (QED) is 0.0272. The van der Waals surface area contributed by atoms with Gasteiger partial charge in [0, 0.05) is 6.42 Å². The molecule has 0 radical (unpaired) electrons. The summed E-state index contributed by atoms with van der Waals surface area (Å²) >= 11 is 0. The second kappa shape index (κ2) is 58.4. The van der Waals surface area contributed by atoms with Crippen molar-refractivity contribution in [2.45, 2.75) is 347 Å². The summed E-state index contributed by atoms with van der Waals surface area (Å²) in [5.41, 5.74) is 0. The number of phosphoric acid groups is 1. The van der Waals surface area contributed by atoms with Crippen LogP contribution in [-0.2, 0) is 18.4 Å². The number of aliphatic hydroxyl groups excluding tert-OH is 1. The van der Waals surface area contributed by atoms with Crippen molar-refractivity contribution in [3.8, 4) is 0 Å². The fourth-order valence-corrected chi connectivity index (χ4v) is 10.8. The Balaban J connectivity index is 4.05. The van der Waals surface area contributed by atoms with Gasteiger partial charge in [-0.3, -0.25) is 9.36 Å². The summed E-state index contributed by atoms with van der Waals surface area (Å²) in [6, 6.07) is -0.902. The summed E-state index contributed by atoms with van der Waals surface area (Å²) < 4.78 is 23.4. The number of quaternary nitrogens is 1. The molecule has 0 bridgehead atoms. The third-order valence-electron chi connectivity index (χ3n) is 15.3. The molecule has 8 nitrogen and oxygen atoms in total. The van der Waals surface area contributed by atoms with Crippen molar-refractivity contribution in [2.75, 3.05) is 40.9 Å². The highest BCUT2D eigenvalue weighted by Gasteiger charge is 2.23. The monoisotopic (exact) mass is 1090 g/mol. The number of hydrogen-bond donors (Lipinski definition) is 2. The van der Waals surface area contributed by atoms with Crippen molar-refractivity contribution < 1.29 is 32.9 Å². The van der Waals surface area contributed by atoms with Crippen molar-refractivity contribution >= 4 is 13.7 Å². The van der Waals surface area contributed by atoms with E-state index in [-0.39, 0.29) is 19.1 Å². The van der Waals surface area contributed by atoms with Crippen LogP contribution in [0.25, 0.3) is 0 Å². The maximum Gasteiger partial charge on any atom is 0.268 e. The van der Waals surface area contributed by atoms with E-state index in [4.69, 9.17) is 9.05 Å². The van der Waals surface area contributed by atoms with Gasteiger partial charge in [-0.25, -0.2) is 0 Å². The summed E-state index contributed by atoms with van der Waals surface area (Å²) in [4.78, 5) is 25.6. The molecule has 0 saturated carbocycles. The van der Waals surface area contributed by atoms with Gasteiger partial charge in [0.15, 0.2) is 0 Å². The molecular weight excluding hydrogens is 960 g/mol. The first kappa shape index (κ1) is 74.7. The van der Waals surface area contributed by atoms with Crippen molar-refractivity contribution in [1.29, 1.82) is 0 Å². The minimum atomic E-state index is -4.61. The molecule has 0 spiro atoms. The van der Waals surface area contributed by atoms with Gasteiger partial charge in [0.1, 0.15) is 13.2 Å². The summed E-state index contributed by atoms with van der Waals surface area (Å²) in [5.74, 6) is -0.200. The van der Waals surface area contributed by atoms with Crippen molar-refractivity contribution in [1.82, 2.24) is 5.32 Å². The molecular formula is C67H131N2O6P. The van der Waals surface area contributed by atoms with Gasteiger partial charge >= 0.3 is 0 Å². The number of phosphoric ester groups is 1. The van der Waals surface area contributed by atoms with Crippen LogP contribution in [0.3, 0.4) is 0 Å². The fourth-order valence-electron chi connectivity index (χ4n) is 10.1. The minimum absolute atomic E-state index is 0.00447. The lowest BCUT2D eigenvalue weighted by Crippen LogP contribution is -2.45. The molecule has 0 aliphatic rings. The fraction of sp³-hybridized carbons (Fsp3) is 0.896. The summed E-state index contributed by atoms with van der Waals surface area (Å²) in [7, 11) is 1.26. The standard InChI is InChI=1S/C67H131N2O6P/c1-6-8-10-12-14-16-18-20-22-24-26-28-29-30-31-32-33-34-35-36-37-38-39-41-43-45-47-49-51-53-55-57-59-61-67(71)68-65(64-75-76(72,73)74-63-62-69(3,4)5)66(70)60-58-56-54-52-50-48-46-44-42-40-27-25-23-21-19-17-15-13-11-9-7-2/h24,26,50,52,58,60,65-66,70H,6-23,25,27-49,51,53-57,59,61-64H2,1-5H3,(H-,68,71,72,73)/b26-24-,52-50+,60-58+. The van der Waals surface area contributed by atoms with Crippen molar-refractivity contribution in [3.63, 3.8) is 0 Å². The Morgan fingerprint density at radius 1 is 0.447 bits per heavy atom. The van der Waals surface area contributed by atoms with Gasteiger partial charge in [0.25, 0.3) is 7.82 Å². The Morgan fingerprint density at radius 3 is 1.07 bits per heavy atom. The van der Waals surface area contributed by atoms with E-state index in [2.05, 4.69) is 43.5 Å². The van der Waals surface area contributed by atoms with Gasteiger partial charge in [0.2, 0.25) is 5.91 Å². The van der Waals surface area contributed by atoms with E-state index in [0.717, 1.165) is 38.5 Å². The Kier molecular flexibility index (Phi) is 57.4. The van der Waals surface area contributed by atoms with Gasteiger partial charge in [-0.15, -0.1) is 0 Å². The van der Waals surface area contributed by atoms with Crippen LogP contribution < -0.4 is 10.2 Å². The molecule has 2 N–H and O–H groups in total. The lowest BCUT2D eigenvalue weighted by molar-refractivity contribution is -0.870. The average molecular weight is 1090 g/mol. The number of aliphatic hydroxyl groups is 1. The van der Waals surface area contributed by atoms with Crippen LogP contribution in [0.2, 0.25) is 0 Å². The van der Waals surface area contributed by atoms with Crippen LogP contribution in [-0.4, -0.2) is 68.5 Å². The topological polar surface area (TPSA) is 108 Å². The largest absolute Gasteiger partial charge is 0.756 e. The predicted octanol–water partition coefficient (Wildman–Crippen LogP) is 20.3. The first-order chi connectivity index (χ1) is 37.0. The van der Waals surface area contributed by atoms with E-state index in [0.29, 0.717) is 17.4 Å². The zero-order chi connectivity index (χ0) is 55.6. The molecule has 0 aromatic heterocycles. The van der Waals surface area contributed by atoms with E-state index < -0.39 is 20.0 Å². The molecule has 0 saturated heterocycles. The molecule has 450 valence electrons. The zero-order valence-electron chi connectivity index (χ0n) is 51.5. The Morgan fingerprint density at radius 2 is 0.737 bits per heavy atom. The van der Waals surface area contributed by atoms with Crippen LogP contribution in [0.4, 0.5) is 0 Å². The summed E-state index contributed by atoms with van der Waals surface area (Å²) in [6.07, 6.45) is 76.9. The number of allylic oxidation sites excluding steroid dienone is 5. The summed E-state index contributed by atoms with van der Waals surface area (Å²) in [6.45, 7) is 4.68. The maximum absolute atomic E-state index is 13.0. The number of carbonyl (C=O) groups excluding carboxylic acids is 1. The van der Waals surface area contributed by atoms with Gasteiger partial charge < -0.3 is 28.8 Å². The molecule has 0 aromatic carbocycles. The molecule has 0 aliphatic heterocycles. The van der Waals surface area contributed by atoms with E-state index >= 15 is 0 Å². The Labute approximate surface area is 474 Å². The smallest absolute Gasteiger partial charge is 0.268 e. The number of nitrogens with zero attached hydrogens (tertiary/aromatic N) is 1. The number of amides is 1. The Hall–Kier alpha value is -1.28. The number of nitrogens with one attached hydrogen (secondary N) is 1. The zero-order valence-corrected chi connectivity index (χ0v) is 52.4. The first-order valence-electron chi connectivity index (χ1n) is 33.4. The molecule has 1 amide bonds. The second-order valence-electron chi connectivity index (χ2n) is 24.2. The third-order valence-corrected chi connectivity index (χ3v) is 16.3. The molecule has 0 aliphatic carbocycles. The number of likely N-dealkylation sites (N-methyl/N-ethyl adjacent to an activating group) is 1. The van der Waals surface area contributed by atoms with Gasteiger partial charge in [-0.2, -0.15) is 0 Å². The van der Waals surface area contributed by atoms with Crippen LogP contribution in [0.5, 0.6) is 0 Å². The highest BCUT2D eigenvalue weighted by molar-refractivity contribution is 7.45. The van der Waals surface area contributed by atoms with Crippen LogP contribution in [0.15, 0.2) is 36.5 Å². The first-order valence-corrected chi connectivity index (χ1v) is 34.8. The van der Waals surface area contributed by atoms with Gasteiger partial charge in [0.05, 0.1) is 39.9 Å². The third kappa shape index (κ3) is 60.4. The lowest BCUT2D eigenvalue weighted by Gasteiger charge is -2.29. The van der Waals surface area contributed by atoms with Crippen molar-refractivity contribution in [2.24, 2.45) is 0 Å². The minimum Gasteiger partial charge on any atom is -0.756 e. The highest BCUT2D eigenvalue weighted by Crippen LogP contribution is 2.38. The number of carbonyl (C=O) groups is 1. The maximum atomic E-state index is 13.0. The predicted molar refractivity (Wildman–Crippen MR) is 330 cm³/mol. The number of rotatable bonds is 62. The molecule has 0 rings (SSSR count). The molecule has 0 fully saturated rings. The molecule has 0 heterocycles. The molecule has 0 aromatic rings. The van der Waals surface area contributed by atoms with E-state index in [1.807, 2.05) is 27.2 Å². The average Bonchev–Trinajstić information content (AvgIpc) is 3.38. The molecule has 9 heteroatoms. The van der Waals surface area contributed by atoms with Gasteiger partial charge in [-0.1, -0.05) is 307 Å². The SMILES string of the molecule is CCCCCCCCCC/C=C\CCCCCCCCCCCCCCCCCCCCCCCC(=O)NC(COP(=O)([O-])OCC[N+](C)(C)C)C(O)/C=C/CC/C=C/CCCCCCCCCCCCCCCCC. The normalized spacial score (nSPS) is 13.9. The molecule has 76 heavy (non-hydrogen) atoms. The number of unbranched alkanes of at least 4 members (excludes halogenated alkanes) is 45. The van der Waals surface area contributed by atoms with Crippen LogP contribution in [0, 0.1) is 0 Å². The summed E-state index contributed by atoms with van der Waals surface area (Å²) in [5, 5.41) is 13.9. The number of hydrogen-bond acceptors (Lipinski definition) is 6. The Bertz CT molecular complexity index is 1330. The van der Waals surface area contributed by atoms with Gasteiger partial charge in [-0.05, 0) is 57.8 Å². The van der Waals surface area contributed by atoms with E-state index in [1.54, 1.807) is 6.08 Å². The molecule has 3 atom stereocenters. The van der Waals surface area contributed by atoms with Crippen LogP contribution in [0.1, 0.15) is 335 Å². The second-order valence-corrected chi connectivity index (χ2v) is 25.6. The lowest BCUT2D eigenvalue weighted by atomic mass is 10.0. The molecule has 3 unspecified atom stereocenters. The van der Waals surface area contributed by atoms with Crippen LogP contribution >= 0.6 is 7.82 Å². The van der Waals surface area contributed by atoms with E-state index in [1.165, 1.54) is 276 Å². The highest BCUT2D eigenvalue weighted by atomic mass is 31.2. The van der Waals surface area contributed by atoms with Crippen molar-refractivity contribution in [3.05, 3.63) is 36.5 Å².